The summed E-state index contributed by atoms with van der Waals surface area (Å²) in [5.74, 6) is -0.139. The predicted molar refractivity (Wildman–Crippen MR) is 101 cm³/mol. The van der Waals surface area contributed by atoms with Gasteiger partial charge in [-0.1, -0.05) is 15.9 Å². The van der Waals surface area contributed by atoms with Gasteiger partial charge in [-0.3, -0.25) is 9.78 Å². The number of nitrogens with one attached hydrogen (secondary N) is 1. The molecular weight excluding hydrogens is 368 g/mol. The Balaban J connectivity index is 1.73. The Morgan fingerprint density at radius 3 is 2.62 bits per heavy atom. The third kappa shape index (κ3) is 3.94. The third-order valence-corrected chi connectivity index (χ3v) is 5.16. The molecule has 6 heteroatoms. The second-order valence-electron chi connectivity index (χ2n) is 6.14. The van der Waals surface area contributed by atoms with Crippen LogP contribution >= 0.6 is 15.9 Å². The standard InChI is InChI=1S/C18H21BrN4O/c1-13-9-15(3-4-17(13)19)21-18(24)14-10-16(12-20-11-14)23-7-5-22(2)6-8-23/h3-4,9-12H,5-8H2,1-2H3,(H,21,24). The fraction of sp³-hybridized carbons (Fsp3) is 0.333. The molecule has 1 aromatic heterocycles. The van der Waals surface area contributed by atoms with Gasteiger partial charge in [-0.2, -0.15) is 0 Å². The molecule has 1 aromatic carbocycles. The number of nitrogens with zero attached hydrogens (tertiary/aromatic N) is 3. The minimum Gasteiger partial charge on any atom is -0.368 e. The summed E-state index contributed by atoms with van der Waals surface area (Å²) in [6.45, 7) is 5.95. The first-order valence-electron chi connectivity index (χ1n) is 7.99. The highest BCUT2D eigenvalue weighted by atomic mass is 79.9. The van der Waals surface area contributed by atoms with Gasteiger partial charge in [-0.05, 0) is 43.8 Å². The monoisotopic (exact) mass is 388 g/mol. The van der Waals surface area contributed by atoms with E-state index in [2.05, 4.69) is 43.1 Å². The number of piperazine rings is 1. The lowest BCUT2D eigenvalue weighted by Gasteiger charge is -2.33. The van der Waals surface area contributed by atoms with Gasteiger partial charge < -0.3 is 15.1 Å². The molecule has 1 fully saturated rings. The molecule has 0 aliphatic carbocycles. The first kappa shape index (κ1) is 16.9. The van der Waals surface area contributed by atoms with E-state index in [1.807, 2.05) is 37.4 Å². The Morgan fingerprint density at radius 2 is 1.92 bits per heavy atom. The van der Waals surface area contributed by atoms with Crippen LogP contribution in [0.15, 0.2) is 41.1 Å². The molecule has 0 atom stereocenters. The highest BCUT2D eigenvalue weighted by Crippen LogP contribution is 2.21. The average molecular weight is 389 g/mol. The number of rotatable bonds is 3. The molecule has 0 unspecified atom stereocenters. The van der Waals surface area contributed by atoms with Crippen molar-refractivity contribution in [2.24, 2.45) is 0 Å². The number of carbonyl (C=O) groups excluding carboxylic acids is 1. The summed E-state index contributed by atoms with van der Waals surface area (Å²) in [4.78, 5) is 21.3. The summed E-state index contributed by atoms with van der Waals surface area (Å²) in [5, 5.41) is 2.94. The molecule has 1 amide bonds. The van der Waals surface area contributed by atoms with E-state index in [0.29, 0.717) is 5.56 Å². The van der Waals surface area contributed by atoms with Crippen molar-refractivity contribution in [1.29, 1.82) is 0 Å². The summed E-state index contributed by atoms with van der Waals surface area (Å²) in [6, 6.07) is 7.68. The Kier molecular flexibility index (Phi) is 5.16. The van der Waals surface area contributed by atoms with E-state index in [-0.39, 0.29) is 5.91 Å². The lowest BCUT2D eigenvalue weighted by Crippen LogP contribution is -2.44. The Morgan fingerprint density at radius 1 is 1.17 bits per heavy atom. The van der Waals surface area contributed by atoms with Crippen molar-refractivity contribution in [1.82, 2.24) is 9.88 Å². The van der Waals surface area contributed by atoms with E-state index in [1.54, 1.807) is 6.20 Å². The summed E-state index contributed by atoms with van der Waals surface area (Å²) < 4.78 is 1.03. The number of carbonyl (C=O) groups is 1. The smallest absolute Gasteiger partial charge is 0.257 e. The topological polar surface area (TPSA) is 48.5 Å². The molecule has 1 aliphatic rings. The van der Waals surface area contributed by atoms with Crippen LogP contribution in [0.5, 0.6) is 0 Å². The van der Waals surface area contributed by atoms with Crippen LogP contribution in [0, 0.1) is 6.92 Å². The van der Waals surface area contributed by atoms with E-state index >= 15 is 0 Å². The Bertz CT molecular complexity index is 742. The maximum atomic E-state index is 12.5. The van der Waals surface area contributed by atoms with Gasteiger partial charge in [-0.15, -0.1) is 0 Å². The third-order valence-electron chi connectivity index (χ3n) is 4.27. The SMILES string of the molecule is Cc1cc(NC(=O)c2cncc(N3CCN(C)CC3)c2)ccc1Br. The Labute approximate surface area is 150 Å². The zero-order valence-corrected chi connectivity index (χ0v) is 15.5. The summed E-state index contributed by atoms with van der Waals surface area (Å²) in [7, 11) is 2.12. The van der Waals surface area contributed by atoms with Crippen LogP contribution in [0.2, 0.25) is 0 Å². The second kappa shape index (κ2) is 7.32. The molecule has 5 nitrogen and oxygen atoms in total. The number of aromatic nitrogens is 1. The van der Waals surface area contributed by atoms with Crippen molar-refractivity contribution < 1.29 is 4.79 Å². The predicted octanol–water partition coefficient (Wildman–Crippen LogP) is 3.16. The normalized spacial score (nSPS) is 15.4. The fourth-order valence-corrected chi connectivity index (χ4v) is 2.96. The zero-order chi connectivity index (χ0) is 17.1. The van der Waals surface area contributed by atoms with Crippen molar-refractivity contribution in [3.8, 4) is 0 Å². The first-order chi connectivity index (χ1) is 11.5. The minimum absolute atomic E-state index is 0.139. The number of benzene rings is 1. The van der Waals surface area contributed by atoms with Crippen LogP contribution in [0.3, 0.4) is 0 Å². The molecular formula is C18H21BrN4O. The minimum atomic E-state index is -0.139. The van der Waals surface area contributed by atoms with Crippen LogP contribution in [0.25, 0.3) is 0 Å². The van der Waals surface area contributed by atoms with Crippen LogP contribution < -0.4 is 10.2 Å². The maximum Gasteiger partial charge on any atom is 0.257 e. The molecule has 1 saturated heterocycles. The number of hydrogen-bond donors (Lipinski definition) is 1. The highest BCUT2D eigenvalue weighted by Gasteiger charge is 2.16. The quantitative estimate of drug-likeness (QED) is 0.876. The second-order valence-corrected chi connectivity index (χ2v) is 6.99. The van der Waals surface area contributed by atoms with Gasteiger partial charge in [0.25, 0.3) is 5.91 Å². The van der Waals surface area contributed by atoms with Crippen LogP contribution in [0.4, 0.5) is 11.4 Å². The van der Waals surface area contributed by atoms with Crippen molar-refractivity contribution in [2.75, 3.05) is 43.4 Å². The van der Waals surface area contributed by atoms with Gasteiger partial charge >= 0.3 is 0 Å². The molecule has 1 N–H and O–H groups in total. The summed E-state index contributed by atoms with van der Waals surface area (Å²) >= 11 is 3.47. The number of likely N-dealkylation sites (N-methyl/N-ethyl adjacent to an activating group) is 1. The zero-order valence-electron chi connectivity index (χ0n) is 13.9. The van der Waals surface area contributed by atoms with Gasteiger partial charge in [0.2, 0.25) is 0 Å². The lowest BCUT2D eigenvalue weighted by molar-refractivity contribution is 0.102. The maximum absolute atomic E-state index is 12.5. The molecule has 126 valence electrons. The molecule has 0 saturated carbocycles. The van der Waals surface area contributed by atoms with Crippen LogP contribution in [-0.4, -0.2) is 49.0 Å². The van der Waals surface area contributed by atoms with Gasteiger partial charge in [0.1, 0.15) is 0 Å². The summed E-state index contributed by atoms with van der Waals surface area (Å²) in [6.07, 6.45) is 3.44. The average Bonchev–Trinajstić information content (AvgIpc) is 2.59. The van der Waals surface area contributed by atoms with Crippen molar-refractivity contribution >= 4 is 33.2 Å². The molecule has 24 heavy (non-hydrogen) atoms. The van der Waals surface area contributed by atoms with Crippen molar-refractivity contribution in [3.05, 3.63) is 52.3 Å². The molecule has 2 aromatic rings. The lowest BCUT2D eigenvalue weighted by atomic mass is 10.2. The number of anilines is 2. The summed E-state index contributed by atoms with van der Waals surface area (Å²) in [5.41, 5.74) is 3.44. The fourth-order valence-electron chi connectivity index (χ4n) is 2.72. The van der Waals surface area contributed by atoms with Crippen molar-refractivity contribution in [2.45, 2.75) is 6.92 Å². The molecule has 0 spiro atoms. The molecule has 1 aliphatic heterocycles. The molecule has 3 rings (SSSR count). The van der Waals surface area contributed by atoms with E-state index in [0.717, 1.165) is 47.6 Å². The van der Waals surface area contributed by atoms with E-state index in [9.17, 15) is 4.79 Å². The molecule has 0 bridgehead atoms. The van der Waals surface area contributed by atoms with Gasteiger partial charge in [-0.25, -0.2) is 0 Å². The van der Waals surface area contributed by atoms with E-state index < -0.39 is 0 Å². The molecule has 2 heterocycles. The number of amides is 1. The number of hydrogen-bond acceptors (Lipinski definition) is 4. The van der Waals surface area contributed by atoms with E-state index in [4.69, 9.17) is 0 Å². The number of halogens is 1. The van der Waals surface area contributed by atoms with Crippen LogP contribution in [-0.2, 0) is 0 Å². The van der Waals surface area contributed by atoms with Crippen molar-refractivity contribution in [3.63, 3.8) is 0 Å². The van der Waals surface area contributed by atoms with Crippen LogP contribution in [0.1, 0.15) is 15.9 Å². The van der Waals surface area contributed by atoms with Gasteiger partial charge in [0, 0.05) is 42.5 Å². The number of pyridine rings is 1. The van der Waals surface area contributed by atoms with Gasteiger partial charge in [0.05, 0.1) is 17.4 Å². The Hall–Kier alpha value is -1.92. The number of aryl methyl sites for hydroxylation is 1. The highest BCUT2D eigenvalue weighted by molar-refractivity contribution is 9.10. The molecule has 0 radical (unpaired) electrons. The van der Waals surface area contributed by atoms with E-state index in [1.165, 1.54) is 0 Å². The van der Waals surface area contributed by atoms with Gasteiger partial charge in [0.15, 0.2) is 0 Å². The largest absolute Gasteiger partial charge is 0.368 e. The first-order valence-corrected chi connectivity index (χ1v) is 8.78.